The van der Waals surface area contributed by atoms with Crippen molar-refractivity contribution in [2.75, 3.05) is 32.8 Å². The van der Waals surface area contributed by atoms with Gasteiger partial charge in [0.15, 0.2) is 5.82 Å². The molecule has 0 spiro atoms. The molecule has 2 fully saturated rings. The monoisotopic (exact) mass is 640 g/mol. The van der Waals surface area contributed by atoms with Crippen molar-refractivity contribution in [3.63, 3.8) is 0 Å². The van der Waals surface area contributed by atoms with Gasteiger partial charge < -0.3 is 35.0 Å². The Hall–Kier alpha value is -4.30. The Bertz CT molecular complexity index is 1380. The molecule has 4 rings (SSSR count). The summed E-state index contributed by atoms with van der Waals surface area (Å²) < 4.78 is 11.2. The Morgan fingerprint density at radius 1 is 1.02 bits per heavy atom. The number of aromatic nitrogens is 2. The number of carbonyl (C=O) groups excluding carboxylic acids is 3. The Morgan fingerprint density at radius 3 is 2.28 bits per heavy atom. The fourth-order valence-electron chi connectivity index (χ4n) is 6.03. The quantitative estimate of drug-likeness (QED) is 0.307. The highest BCUT2D eigenvalue weighted by atomic mass is 16.8. The van der Waals surface area contributed by atoms with Gasteiger partial charge in [0.25, 0.3) is 5.91 Å². The number of carboxylic acid groups (broad SMARTS) is 1. The van der Waals surface area contributed by atoms with Crippen LogP contribution in [0.4, 0.5) is 4.79 Å². The van der Waals surface area contributed by atoms with E-state index in [0.29, 0.717) is 18.4 Å². The number of benzene rings is 1. The molecule has 14 nitrogen and oxygen atoms in total. The minimum atomic E-state index is -1.13. The maximum absolute atomic E-state index is 13.7. The highest BCUT2D eigenvalue weighted by molar-refractivity contribution is 5.96. The summed E-state index contributed by atoms with van der Waals surface area (Å²) in [6.45, 7) is 11.1. The maximum atomic E-state index is 13.7. The van der Waals surface area contributed by atoms with E-state index < -0.39 is 30.0 Å². The van der Waals surface area contributed by atoms with Crippen LogP contribution in [0.5, 0.6) is 5.88 Å². The smallest absolute Gasteiger partial charge is 0.481 e. The third kappa shape index (κ3) is 9.85. The number of nitrogens with zero attached hydrogens (tertiary/aromatic N) is 4. The lowest BCUT2D eigenvalue weighted by atomic mass is 9.81. The normalized spacial score (nSPS) is 18.7. The van der Waals surface area contributed by atoms with Gasteiger partial charge in [0.05, 0.1) is 19.7 Å². The lowest BCUT2D eigenvalue weighted by Gasteiger charge is -2.46. The van der Waals surface area contributed by atoms with Crippen LogP contribution in [0.2, 0.25) is 0 Å². The Morgan fingerprint density at radius 2 is 1.67 bits per heavy atom. The van der Waals surface area contributed by atoms with Gasteiger partial charge in [0, 0.05) is 55.1 Å². The fraction of sp³-hybridized carbons (Fsp3) is 0.562. The topological polar surface area (TPSA) is 173 Å². The molecule has 3 N–H and O–H groups in total. The molecular weight excluding hydrogens is 596 g/mol. The summed E-state index contributed by atoms with van der Waals surface area (Å²) in [5.41, 5.74) is 0.290. The van der Waals surface area contributed by atoms with Gasteiger partial charge in [-0.3, -0.25) is 14.4 Å². The van der Waals surface area contributed by atoms with Crippen molar-refractivity contribution in [1.82, 2.24) is 30.6 Å². The summed E-state index contributed by atoms with van der Waals surface area (Å²) in [7, 11) is 0. The zero-order chi connectivity index (χ0) is 33.5. The molecule has 1 aromatic carbocycles. The SMILES string of the molecule is CCOC(=O)ON1CCN(C(=O)[C@H](CCC(=O)O)NC(=O)c2cc(OC3CC(C)(C)NC(C)(C)C3)nc(-c3ccccc3)n2)CC1. The predicted molar refractivity (Wildman–Crippen MR) is 167 cm³/mol. The van der Waals surface area contributed by atoms with E-state index in [4.69, 9.17) is 14.3 Å². The molecule has 0 saturated carbocycles. The van der Waals surface area contributed by atoms with E-state index >= 15 is 0 Å². The van der Waals surface area contributed by atoms with Gasteiger partial charge in [0.1, 0.15) is 17.8 Å². The molecule has 2 amide bonds. The molecule has 14 heteroatoms. The van der Waals surface area contributed by atoms with Crippen LogP contribution in [-0.4, -0.2) is 105 Å². The zero-order valence-electron chi connectivity index (χ0n) is 27.1. The highest BCUT2D eigenvalue weighted by Crippen LogP contribution is 2.31. The average molecular weight is 641 g/mol. The van der Waals surface area contributed by atoms with E-state index in [1.54, 1.807) is 6.92 Å². The van der Waals surface area contributed by atoms with Crippen molar-refractivity contribution in [2.45, 2.75) is 83.5 Å². The van der Waals surface area contributed by atoms with Crippen LogP contribution < -0.4 is 15.4 Å². The van der Waals surface area contributed by atoms with E-state index in [1.807, 2.05) is 30.3 Å². The minimum absolute atomic E-state index is 0.0166. The van der Waals surface area contributed by atoms with Crippen molar-refractivity contribution < 1.29 is 38.6 Å². The number of carbonyl (C=O) groups is 4. The number of carboxylic acids is 1. The second-order valence-corrected chi connectivity index (χ2v) is 12.8. The second-order valence-electron chi connectivity index (χ2n) is 12.8. The summed E-state index contributed by atoms with van der Waals surface area (Å²) in [5, 5.41) is 17.1. The van der Waals surface area contributed by atoms with Crippen molar-refractivity contribution in [3.05, 3.63) is 42.1 Å². The van der Waals surface area contributed by atoms with Crippen molar-refractivity contribution in [3.8, 4) is 17.3 Å². The first-order valence-electron chi connectivity index (χ1n) is 15.6. The first-order chi connectivity index (χ1) is 21.7. The van der Waals surface area contributed by atoms with Gasteiger partial charge >= 0.3 is 12.1 Å². The molecule has 3 heterocycles. The van der Waals surface area contributed by atoms with Crippen molar-refractivity contribution in [1.29, 1.82) is 0 Å². The van der Waals surface area contributed by atoms with Gasteiger partial charge in [0.2, 0.25) is 11.8 Å². The molecule has 1 atom stereocenters. The number of rotatable bonds is 11. The van der Waals surface area contributed by atoms with E-state index in [2.05, 4.69) is 48.3 Å². The molecule has 1 aromatic heterocycles. The largest absolute Gasteiger partial charge is 0.527 e. The van der Waals surface area contributed by atoms with Crippen LogP contribution >= 0.6 is 0 Å². The van der Waals surface area contributed by atoms with Gasteiger partial charge in [-0.1, -0.05) is 30.3 Å². The summed E-state index contributed by atoms with van der Waals surface area (Å²) in [6, 6.07) is 9.49. The molecule has 2 aliphatic heterocycles. The summed E-state index contributed by atoms with van der Waals surface area (Å²) >= 11 is 0. The first-order valence-corrected chi connectivity index (χ1v) is 15.6. The number of aliphatic carboxylic acids is 1. The molecule has 0 aliphatic carbocycles. The molecule has 2 aliphatic rings. The number of hydrogen-bond donors (Lipinski definition) is 3. The van der Waals surface area contributed by atoms with Crippen molar-refractivity contribution >= 4 is 23.9 Å². The Kier molecular flexibility index (Phi) is 11.2. The fourth-order valence-corrected chi connectivity index (χ4v) is 6.03. The van der Waals surface area contributed by atoms with Gasteiger partial charge in [-0.2, -0.15) is 4.98 Å². The maximum Gasteiger partial charge on any atom is 0.527 e. The van der Waals surface area contributed by atoms with E-state index in [0.717, 1.165) is 0 Å². The lowest BCUT2D eigenvalue weighted by molar-refractivity contribution is -0.157. The van der Waals surface area contributed by atoms with Gasteiger partial charge in [-0.25, -0.2) is 9.78 Å². The summed E-state index contributed by atoms with van der Waals surface area (Å²) in [6.07, 6.45) is -0.0452. The first kappa shape index (κ1) is 34.6. The van der Waals surface area contributed by atoms with Crippen LogP contribution in [-0.2, 0) is 19.2 Å². The van der Waals surface area contributed by atoms with Crippen LogP contribution in [0.25, 0.3) is 11.4 Å². The molecular formula is C32H44N6O8. The number of hydrogen-bond acceptors (Lipinski definition) is 11. The van der Waals surface area contributed by atoms with Crippen LogP contribution in [0.1, 0.15) is 70.8 Å². The van der Waals surface area contributed by atoms with Crippen LogP contribution in [0, 0.1) is 0 Å². The number of piperazine rings is 1. The lowest BCUT2D eigenvalue weighted by Crippen LogP contribution is -2.60. The van der Waals surface area contributed by atoms with Crippen LogP contribution in [0.3, 0.4) is 0 Å². The second kappa shape index (κ2) is 14.9. The van der Waals surface area contributed by atoms with E-state index in [1.165, 1.54) is 16.0 Å². The van der Waals surface area contributed by atoms with E-state index in [-0.39, 0.29) is 80.2 Å². The molecule has 2 aromatic rings. The number of ether oxygens (including phenoxy) is 2. The predicted octanol–water partition coefficient (Wildman–Crippen LogP) is 3.03. The van der Waals surface area contributed by atoms with Gasteiger partial charge in [-0.05, 0) is 41.0 Å². The molecule has 0 bridgehead atoms. The van der Waals surface area contributed by atoms with E-state index in [9.17, 15) is 24.3 Å². The number of amides is 2. The third-order valence-electron chi connectivity index (χ3n) is 7.67. The Balaban J connectivity index is 1.54. The highest BCUT2D eigenvalue weighted by Gasteiger charge is 2.39. The number of piperidine rings is 1. The number of hydroxylamine groups is 2. The van der Waals surface area contributed by atoms with Crippen LogP contribution in [0.15, 0.2) is 36.4 Å². The molecule has 46 heavy (non-hydrogen) atoms. The van der Waals surface area contributed by atoms with Gasteiger partial charge in [-0.15, -0.1) is 5.06 Å². The molecule has 2 saturated heterocycles. The molecule has 250 valence electrons. The van der Waals surface area contributed by atoms with Crippen molar-refractivity contribution in [2.24, 2.45) is 0 Å². The number of nitrogens with one attached hydrogen (secondary N) is 2. The minimum Gasteiger partial charge on any atom is -0.481 e. The third-order valence-corrected chi connectivity index (χ3v) is 7.67. The summed E-state index contributed by atoms with van der Waals surface area (Å²) in [5.74, 6) is -1.70. The Labute approximate surface area is 268 Å². The standard InChI is InChI=1S/C32H44N6O8/c1-6-44-30(43)46-38-16-14-37(15-17-38)29(42)23(12-13-26(39)40)34-28(41)24-18-25(35-27(33-24)21-10-8-7-9-11-21)45-22-19-31(2,3)36-32(4,5)20-22/h7-11,18,22-23,36H,6,12-17,19-20H2,1-5H3,(H,34,41)(H,39,40)/t23-/m0/s1. The molecule has 0 radical (unpaired) electrons. The average Bonchev–Trinajstić information content (AvgIpc) is 2.98. The molecule has 0 unspecified atom stereocenters. The summed E-state index contributed by atoms with van der Waals surface area (Å²) in [4.78, 5) is 66.1. The zero-order valence-corrected chi connectivity index (χ0v) is 27.1.